The smallest absolute Gasteiger partial charge is 0.412 e. The lowest BCUT2D eigenvalue weighted by atomic mass is 10.1. The predicted molar refractivity (Wildman–Crippen MR) is 87.7 cm³/mol. The van der Waals surface area contributed by atoms with E-state index in [0.29, 0.717) is 17.1 Å². The van der Waals surface area contributed by atoms with Crippen LogP contribution in [0, 0.1) is 0 Å². The molecule has 0 saturated heterocycles. The topological polar surface area (TPSA) is 110 Å². The van der Waals surface area contributed by atoms with Gasteiger partial charge in [-0.05, 0) is 32.9 Å². The van der Waals surface area contributed by atoms with Crippen molar-refractivity contribution in [1.29, 1.82) is 0 Å². The summed E-state index contributed by atoms with van der Waals surface area (Å²) in [4.78, 5) is 20.0. The summed E-state index contributed by atoms with van der Waals surface area (Å²) in [6.45, 7) is 5.13. The van der Waals surface area contributed by atoms with Gasteiger partial charge in [0.25, 0.3) is 0 Å². The number of anilines is 2. The molecule has 0 fully saturated rings. The Kier molecular flexibility index (Phi) is 4.80. The molecule has 122 valence electrons. The standard InChI is InChI=1S/C16H20N4O3/c1-16(2,3)23-15(22)19-11-6-4-10(5-7-11)12-8-18-14(17)13(9-21)20-12/h4-8,21H,9H2,1-3H3,(H2,17,18)(H,19,22). The highest BCUT2D eigenvalue weighted by atomic mass is 16.6. The van der Waals surface area contributed by atoms with Gasteiger partial charge < -0.3 is 15.6 Å². The van der Waals surface area contributed by atoms with Gasteiger partial charge in [-0.3, -0.25) is 5.32 Å². The number of aliphatic hydroxyl groups is 1. The van der Waals surface area contributed by atoms with Crippen molar-refractivity contribution in [1.82, 2.24) is 9.97 Å². The Labute approximate surface area is 134 Å². The largest absolute Gasteiger partial charge is 0.444 e. The highest BCUT2D eigenvalue weighted by Crippen LogP contribution is 2.21. The van der Waals surface area contributed by atoms with Gasteiger partial charge in [0.05, 0.1) is 18.5 Å². The van der Waals surface area contributed by atoms with Gasteiger partial charge in [0.2, 0.25) is 0 Å². The third kappa shape index (κ3) is 4.65. The lowest BCUT2D eigenvalue weighted by Crippen LogP contribution is -2.27. The quantitative estimate of drug-likeness (QED) is 0.802. The minimum Gasteiger partial charge on any atom is -0.444 e. The van der Waals surface area contributed by atoms with Crippen molar-refractivity contribution in [2.24, 2.45) is 0 Å². The zero-order valence-electron chi connectivity index (χ0n) is 13.3. The Morgan fingerprint density at radius 2 is 1.96 bits per heavy atom. The maximum Gasteiger partial charge on any atom is 0.412 e. The molecule has 1 aromatic heterocycles. The van der Waals surface area contributed by atoms with Gasteiger partial charge in [0.1, 0.15) is 17.1 Å². The number of carbonyl (C=O) groups is 1. The highest BCUT2D eigenvalue weighted by Gasteiger charge is 2.16. The van der Waals surface area contributed by atoms with E-state index in [1.54, 1.807) is 45.0 Å². The molecule has 1 heterocycles. The molecule has 0 radical (unpaired) electrons. The van der Waals surface area contributed by atoms with E-state index in [-0.39, 0.29) is 12.4 Å². The highest BCUT2D eigenvalue weighted by molar-refractivity contribution is 5.85. The molecule has 0 aliphatic carbocycles. The van der Waals surface area contributed by atoms with Crippen LogP contribution in [0.4, 0.5) is 16.3 Å². The SMILES string of the molecule is CC(C)(C)OC(=O)Nc1ccc(-c2cnc(N)c(CO)n2)cc1. The number of ether oxygens (including phenoxy) is 1. The first-order valence-corrected chi connectivity index (χ1v) is 7.11. The molecule has 1 aromatic carbocycles. The van der Waals surface area contributed by atoms with Gasteiger partial charge in [0, 0.05) is 11.3 Å². The molecule has 2 aromatic rings. The number of carbonyl (C=O) groups excluding carboxylic acids is 1. The van der Waals surface area contributed by atoms with Gasteiger partial charge in [-0.15, -0.1) is 0 Å². The van der Waals surface area contributed by atoms with Gasteiger partial charge in [-0.1, -0.05) is 12.1 Å². The lowest BCUT2D eigenvalue weighted by Gasteiger charge is -2.19. The van der Waals surface area contributed by atoms with Crippen LogP contribution in [-0.4, -0.2) is 26.8 Å². The number of nitrogen functional groups attached to an aromatic ring is 1. The molecule has 1 amide bonds. The number of aromatic nitrogens is 2. The number of amides is 1. The zero-order chi connectivity index (χ0) is 17.0. The molecule has 0 bridgehead atoms. The van der Waals surface area contributed by atoms with Crippen LogP contribution >= 0.6 is 0 Å². The van der Waals surface area contributed by atoms with E-state index in [2.05, 4.69) is 15.3 Å². The summed E-state index contributed by atoms with van der Waals surface area (Å²) in [5.41, 5.74) is 7.38. The second-order valence-corrected chi connectivity index (χ2v) is 5.95. The van der Waals surface area contributed by atoms with Crippen LogP contribution in [0.15, 0.2) is 30.5 Å². The minimum atomic E-state index is -0.551. The summed E-state index contributed by atoms with van der Waals surface area (Å²) in [6, 6.07) is 7.04. The predicted octanol–water partition coefficient (Wildman–Crippen LogP) is 2.57. The minimum absolute atomic E-state index is 0.208. The number of benzene rings is 1. The van der Waals surface area contributed by atoms with Crippen molar-refractivity contribution in [2.75, 3.05) is 11.1 Å². The van der Waals surface area contributed by atoms with E-state index in [1.165, 1.54) is 6.20 Å². The number of nitrogens with zero attached hydrogens (tertiary/aromatic N) is 2. The van der Waals surface area contributed by atoms with E-state index in [4.69, 9.17) is 10.5 Å². The fraction of sp³-hybridized carbons (Fsp3) is 0.312. The van der Waals surface area contributed by atoms with Crippen LogP contribution in [0.2, 0.25) is 0 Å². The maximum absolute atomic E-state index is 11.7. The second kappa shape index (κ2) is 6.62. The average Bonchev–Trinajstić information content (AvgIpc) is 2.46. The van der Waals surface area contributed by atoms with Crippen molar-refractivity contribution in [3.63, 3.8) is 0 Å². The zero-order valence-corrected chi connectivity index (χ0v) is 13.3. The number of hydrogen-bond donors (Lipinski definition) is 3. The average molecular weight is 316 g/mol. The molecule has 4 N–H and O–H groups in total. The van der Waals surface area contributed by atoms with Crippen LogP contribution in [0.3, 0.4) is 0 Å². The van der Waals surface area contributed by atoms with Gasteiger partial charge in [0.15, 0.2) is 0 Å². The molecule has 0 spiro atoms. The summed E-state index contributed by atoms with van der Waals surface area (Å²) in [5, 5.41) is 11.8. The molecule has 7 heteroatoms. The third-order valence-electron chi connectivity index (χ3n) is 2.85. The van der Waals surface area contributed by atoms with Crippen LogP contribution in [0.25, 0.3) is 11.3 Å². The van der Waals surface area contributed by atoms with E-state index in [9.17, 15) is 9.90 Å². The van der Waals surface area contributed by atoms with Crippen molar-refractivity contribution in [2.45, 2.75) is 33.0 Å². The number of aliphatic hydroxyl groups excluding tert-OH is 1. The normalized spacial score (nSPS) is 11.1. The number of nitrogens with one attached hydrogen (secondary N) is 1. The van der Waals surface area contributed by atoms with Crippen LogP contribution in [0.1, 0.15) is 26.5 Å². The summed E-state index contributed by atoms with van der Waals surface area (Å²) >= 11 is 0. The van der Waals surface area contributed by atoms with Crippen molar-refractivity contribution < 1.29 is 14.6 Å². The first-order chi connectivity index (χ1) is 10.8. The van der Waals surface area contributed by atoms with Crippen LogP contribution < -0.4 is 11.1 Å². The third-order valence-corrected chi connectivity index (χ3v) is 2.85. The Balaban J connectivity index is 2.12. The summed E-state index contributed by atoms with van der Waals surface area (Å²) in [5.74, 6) is 0.208. The number of nitrogens with two attached hydrogens (primary N) is 1. The first kappa shape index (κ1) is 16.7. The lowest BCUT2D eigenvalue weighted by molar-refractivity contribution is 0.0636. The Bertz CT molecular complexity index is 693. The van der Waals surface area contributed by atoms with Gasteiger partial charge >= 0.3 is 6.09 Å². The summed E-state index contributed by atoms with van der Waals surface area (Å²) in [6.07, 6.45) is 1.02. The van der Waals surface area contributed by atoms with Gasteiger partial charge in [-0.25, -0.2) is 14.8 Å². The van der Waals surface area contributed by atoms with Gasteiger partial charge in [-0.2, -0.15) is 0 Å². The van der Waals surface area contributed by atoms with E-state index in [0.717, 1.165) is 5.56 Å². The number of hydrogen-bond acceptors (Lipinski definition) is 6. The molecule has 23 heavy (non-hydrogen) atoms. The molecule has 7 nitrogen and oxygen atoms in total. The van der Waals surface area contributed by atoms with E-state index >= 15 is 0 Å². The monoisotopic (exact) mass is 316 g/mol. The Hall–Kier alpha value is -2.67. The molecule has 0 atom stereocenters. The van der Waals surface area contributed by atoms with E-state index in [1.807, 2.05) is 0 Å². The second-order valence-electron chi connectivity index (χ2n) is 5.95. The molecule has 2 rings (SSSR count). The molecular weight excluding hydrogens is 296 g/mol. The van der Waals surface area contributed by atoms with E-state index < -0.39 is 11.7 Å². The molecule has 0 aliphatic heterocycles. The Morgan fingerprint density at radius 1 is 1.30 bits per heavy atom. The molecule has 0 unspecified atom stereocenters. The first-order valence-electron chi connectivity index (χ1n) is 7.11. The van der Waals surface area contributed by atoms with Crippen LogP contribution in [0.5, 0.6) is 0 Å². The maximum atomic E-state index is 11.7. The van der Waals surface area contributed by atoms with Crippen molar-refractivity contribution >= 4 is 17.6 Å². The van der Waals surface area contributed by atoms with Crippen molar-refractivity contribution in [3.05, 3.63) is 36.2 Å². The van der Waals surface area contributed by atoms with Crippen LogP contribution in [-0.2, 0) is 11.3 Å². The fourth-order valence-corrected chi connectivity index (χ4v) is 1.84. The summed E-state index contributed by atoms with van der Waals surface area (Å²) < 4.78 is 5.19. The molecule has 0 saturated carbocycles. The summed E-state index contributed by atoms with van der Waals surface area (Å²) in [7, 11) is 0. The van der Waals surface area contributed by atoms with Crippen molar-refractivity contribution in [3.8, 4) is 11.3 Å². The Morgan fingerprint density at radius 3 is 2.52 bits per heavy atom. The fourth-order valence-electron chi connectivity index (χ4n) is 1.84. The molecular formula is C16H20N4O3. The molecule has 0 aliphatic rings. The number of rotatable bonds is 3.